The predicted molar refractivity (Wildman–Crippen MR) is 46.7 cm³/mol. The number of fused-ring (bicyclic) bond motifs is 1. The Bertz CT molecular complexity index is 306. The number of carboxylic acid groups (broad SMARTS) is 1. The molecule has 2 bridgehead atoms. The monoisotopic (exact) mass is 199 g/mol. The van der Waals surface area contributed by atoms with Gasteiger partial charge in [-0.15, -0.1) is 0 Å². The fraction of sp³-hybridized carbons (Fsp3) is 0.778. The van der Waals surface area contributed by atoms with E-state index in [0.717, 1.165) is 0 Å². The van der Waals surface area contributed by atoms with E-state index in [9.17, 15) is 9.59 Å². The second kappa shape index (κ2) is 2.48. The molecule has 78 valence electrons. The topological polar surface area (TPSA) is 75.6 Å². The Morgan fingerprint density at radius 1 is 1.50 bits per heavy atom. The SMILES string of the molecule is CC(=O)NC12CC(C(=O)O)(C1)OC2C. The molecule has 2 aliphatic heterocycles. The molecule has 1 unspecified atom stereocenters. The zero-order chi connectivity index (χ0) is 10.6. The van der Waals surface area contributed by atoms with E-state index < -0.39 is 17.1 Å². The normalized spacial score (nSPS) is 44.3. The Kier molecular flexibility index (Phi) is 1.67. The van der Waals surface area contributed by atoms with E-state index in [1.165, 1.54) is 6.92 Å². The zero-order valence-corrected chi connectivity index (χ0v) is 8.16. The van der Waals surface area contributed by atoms with Crippen LogP contribution in [0.3, 0.4) is 0 Å². The molecular formula is C9H13NO4. The highest BCUT2D eigenvalue weighted by Crippen LogP contribution is 2.55. The molecule has 0 spiro atoms. The van der Waals surface area contributed by atoms with Gasteiger partial charge in [0, 0.05) is 19.8 Å². The first-order valence-corrected chi connectivity index (χ1v) is 4.60. The number of ether oxygens (including phenoxy) is 1. The van der Waals surface area contributed by atoms with Crippen molar-refractivity contribution in [2.24, 2.45) is 0 Å². The molecule has 2 saturated heterocycles. The number of nitrogens with one attached hydrogen (secondary N) is 1. The van der Waals surface area contributed by atoms with E-state index >= 15 is 0 Å². The summed E-state index contributed by atoms with van der Waals surface area (Å²) in [4.78, 5) is 21.8. The van der Waals surface area contributed by atoms with Gasteiger partial charge in [-0.3, -0.25) is 4.79 Å². The fourth-order valence-corrected chi connectivity index (χ4v) is 2.53. The molecule has 1 saturated carbocycles. The number of carbonyl (C=O) groups excluding carboxylic acids is 1. The average Bonchev–Trinajstić information content (AvgIpc) is 2.35. The lowest BCUT2D eigenvalue weighted by atomic mass is 9.66. The van der Waals surface area contributed by atoms with Gasteiger partial charge in [0.1, 0.15) is 0 Å². The van der Waals surface area contributed by atoms with Crippen molar-refractivity contribution in [3.63, 3.8) is 0 Å². The maximum atomic E-state index is 10.9. The molecule has 0 aromatic heterocycles. The second-order valence-corrected chi connectivity index (χ2v) is 4.25. The van der Waals surface area contributed by atoms with Crippen LogP contribution in [0.25, 0.3) is 0 Å². The van der Waals surface area contributed by atoms with Crippen molar-refractivity contribution < 1.29 is 19.4 Å². The van der Waals surface area contributed by atoms with E-state index in [4.69, 9.17) is 9.84 Å². The van der Waals surface area contributed by atoms with Crippen LogP contribution in [0.2, 0.25) is 0 Å². The van der Waals surface area contributed by atoms with Gasteiger partial charge in [0.15, 0.2) is 5.60 Å². The fourth-order valence-electron chi connectivity index (χ4n) is 2.53. The molecule has 1 atom stereocenters. The highest BCUT2D eigenvalue weighted by atomic mass is 16.6. The number of rotatable bonds is 2. The van der Waals surface area contributed by atoms with E-state index in [-0.39, 0.29) is 12.0 Å². The summed E-state index contributed by atoms with van der Waals surface area (Å²) in [6.07, 6.45) is 0.550. The third kappa shape index (κ3) is 0.987. The minimum Gasteiger partial charge on any atom is -0.479 e. The molecule has 0 aromatic carbocycles. The number of aliphatic carboxylic acids is 1. The van der Waals surface area contributed by atoms with Crippen molar-refractivity contribution in [2.75, 3.05) is 0 Å². The van der Waals surface area contributed by atoms with Crippen LogP contribution in [-0.4, -0.2) is 34.2 Å². The first-order chi connectivity index (χ1) is 6.40. The quantitative estimate of drug-likeness (QED) is 0.651. The van der Waals surface area contributed by atoms with Gasteiger partial charge in [-0.25, -0.2) is 4.79 Å². The average molecular weight is 199 g/mol. The van der Waals surface area contributed by atoms with Gasteiger partial charge in [-0.1, -0.05) is 0 Å². The van der Waals surface area contributed by atoms with Crippen LogP contribution >= 0.6 is 0 Å². The highest BCUT2D eigenvalue weighted by molar-refractivity contribution is 5.82. The van der Waals surface area contributed by atoms with Gasteiger partial charge < -0.3 is 15.2 Å². The predicted octanol–water partition coefficient (Wildman–Crippen LogP) is -0.103. The van der Waals surface area contributed by atoms with Crippen molar-refractivity contribution in [3.05, 3.63) is 0 Å². The standard InChI is InChI=1S/C9H13NO4/c1-5-8(10-6(2)11)3-9(4-8,14-5)7(12)13/h5H,3-4H2,1-2H3,(H,10,11)(H,12,13). The lowest BCUT2D eigenvalue weighted by Crippen LogP contribution is -2.63. The van der Waals surface area contributed by atoms with Gasteiger partial charge in [0.25, 0.3) is 0 Å². The minimum atomic E-state index is -1.04. The number of hydrogen-bond donors (Lipinski definition) is 2. The zero-order valence-electron chi connectivity index (χ0n) is 8.16. The van der Waals surface area contributed by atoms with Crippen LogP contribution in [0.5, 0.6) is 0 Å². The lowest BCUT2D eigenvalue weighted by molar-refractivity contribution is -0.164. The van der Waals surface area contributed by atoms with Crippen LogP contribution in [0.1, 0.15) is 26.7 Å². The van der Waals surface area contributed by atoms with E-state index in [0.29, 0.717) is 12.8 Å². The summed E-state index contributed by atoms with van der Waals surface area (Å²) >= 11 is 0. The molecule has 5 nitrogen and oxygen atoms in total. The largest absolute Gasteiger partial charge is 0.479 e. The molecule has 0 aromatic rings. The first-order valence-electron chi connectivity index (χ1n) is 4.60. The molecular weight excluding hydrogens is 186 g/mol. The summed E-state index contributed by atoms with van der Waals surface area (Å²) in [7, 11) is 0. The van der Waals surface area contributed by atoms with Gasteiger partial charge in [-0.2, -0.15) is 0 Å². The summed E-state index contributed by atoms with van der Waals surface area (Å²) in [6, 6.07) is 0. The van der Waals surface area contributed by atoms with Crippen LogP contribution in [0.4, 0.5) is 0 Å². The van der Waals surface area contributed by atoms with Crippen molar-refractivity contribution in [1.82, 2.24) is 5.32 Å². The molecule has 0 radical (unpaired) electrons. The Hall–Kier alpha value is -1.10. The first kappa shape index (κ1) is 9.45. The van der Waals surface area contributed by atoms with Crippen molar-refractivity contribution in [3.8, 4) is 0 Å². The maximum absolute atomic E-state index is 10.9. The number of hydrogen-bond acceptors (Lipinski definition) is 3. The smallest absolute Gasteiger partial charge is 0.336 e. The summed E-state index contributed by atoms with van der Waals surface area (Å²) in [5, 5.41) is 11.7. The van der Waals surface area contributed by atoms with Gasteiger partial charge in [0.05, 0.1) is 11.6 Å². The molecule has 1 amide bonds. The molecule has 2 N–H and O–H groups in total. The van der Waals surface area contributed by atoms with E-state index in [1.807, 2.05) is 0 Å². The highest BCUT2D eigenvalue weighted by Gasteiger charge is 2.70. The second-order valence-electron chi connectivity index (χ2n) is 4.25. The minimum absolute atomic E-state index is 0.138. The summed E-state index contributed by atoms with van der Waals surface area (Å²) in [6.45, 7) is 3.23. The van der Waals surface area contributed by atoms with Crippen LogP contribution in [-0.2, 0) is 14.3 Å². The van der Waals surface area contributed by atoms with E-state index in [1.54, 1.807) is 6.92 Å². The Morgan fingerprint density at radius 2 is 2.07 bits per heavy atom. The Balaban J connectivity index is 2.15. The molecule has 5 heteroatoms. The van der Waals surface area contributed by atoms with E-state index in [2.05, 4.69) is 5.32 Å². The van der Waals surface area contributed by atoms with Crippen molar-refractivity contribution in [2.45, 2.75) is 43.9 Å². The summed E-state index contributed by atoms with van der Waals surface area (Å²) in [5.41, 5.74) is -1.48. The van der Waals surface area contributed by atoms with Gasteiger partial charge in [-0.05, 0) is 6.92 Å². The van der Waals surface area contributed by atoms with Crippen molar-refractivity contribution >= 4 is 11.9 Å². The Morgan fingerprint density at radius 3 is 2.43 bits per heavy atom. The Labute approximate surface area is 81.4 Å². The summed E-state index contributed by atoms with van der Waals surface area (Å²) in [5.74, 6) is -1.07. The number of amides is 1. The van der Waals surface area contributed by atoms with Gasteiger partial charge in [0.2, 0.25) is 5.91 Å². The van der Waals surface area contributed by atoms with Crippen LogP contribution in [0.15, 0.2) is 0 Å². The van der Waals surface area contributed by atoms with Crippen LogP contribution < -0.4 is 5.32 Å². The third-order valence-electron chi connectivity index (χ3n) is 3.20. The molecule has 1 aliphatic carbocycles. The molecule has 14 heavy (non-hydrogen) atoms. The molecule has 3 fully saturated rings. The van der Waals surface area contributed by atoms with Crippen molar-refractivity contribution in [1.29, 1.82) is 0 Å². The molecule has 3 rings (SSSR count). The maximum Gasteiger partial charge on any atom is 0.336 e. The molecule has 2 heterocycles. The summed E-state index contributed by atoms with van der Waals surface area (Å²) < 4.78 is 5.37. The number of carboxylic acids is 1. The third-order valence-corrected chi connectivity index (χ3v) is 3.20. The lowest BCUT2D eigenvalue weighted by Gasteiger charge is -2.42. The molecule has 3 aliphatic rings. The number of carbonyl (C=O) groups is 2. The van der Waals surface area contributed by atoms with Gasteiger partial charge >= 0.3 is 5.97 Å². The van der Waals surface area contributed by atoms with Crippen LogP contribution in [0, 0.1) is 0 Å².